The molecule has 0 saturated heterocycles. The standard InChI is InChI=1S/C13H16N4O2/c1-17(11(18)13(14)4-5-13)7-8-2-3-9-10(6-8)16-12(19)15-9/h2-3,6H,4-5,7,14H2,1H3,(H2,15,16,19). The van der Waals surface area contributed by atoms with Crippen LogP contribution in [-0.2, 0) is 11.3 Å². The molecule has 100 valence electrons. The van der Waals surface area contributed by atoms with Gasteiger partial charge in [0.25, 0.3) is 0 Å². The molecule has 1 aliphatic rings. The molecule has 0 spiro atoms. The Morgan fingerprint density at radius 2 is 2.05 bits per heavy atom. The van der Waals surface area contributed by atoms with E-state index < -0.39 is 5.54 Å². The molecule has 0 bridgehead atoms. The van der Waals surface area contributed by atoms with Crippen molar-refractivity contribution in [1.29, 1.82) is 0 Å². The van der Waals surface area contributed by atoms with Crippen molar-refractivity contribution in [1.82, 2.24) is 14.9 Å². The fourth-order valence-electron chi connectivity index (χ4n) is 2.25. The number of likely N-dealkylation sites (N-methyl/N-ethyl adjacent to an activating group) is 1. The summed E-state index contributed by atoms with van der Waals surface area (Å²) in [5.74, 6) is -0.0184. The number of hydrogen-bond acceptors (Lipinski definition) is 3. The first kappa shape index (κ1) is 12.0. The predicted octanol–water partition coefficient (Wildman–Crippen LogP) is 0.306. The van der Waals surface area contributed by atoms with Crippen LogP contribution in [0.2, 0.25) is 0 Å². The van der Waals surface area contributed by atoms with E-state index >= 15 is 0 Å². The van der Waals surface area contributed by atoms with Crippen LogP contribution in [0.25, 0.3) is 11.0 Å². The summed E-state index contributed by atoms with van der Waals surface area (Å²) in [5, 5.41) is 0. The highest BCUT2D eigenvalue weighted by atomic mass is 16.2. The molecule has 4 N–H and O–H groups in total. The van der Waals surface area contributed by atoms with Gasteiger partial charge in [0.1, 0.15) is 0 Å². The average molecular weight is 260 g/mol. The van der Waals surface area contributed by atoms with E-state index in [9.17, 15) is 9.59 Å². The van der Waals surface area contributed by atoms with Crippen LogP contribution in [-0.4, -0.2) is 33.4 Å². The Balaban J connectivity index is 1.80. The van der Waals surface area contributed by atoms with Crippen LogP contribution < -0.4 is 11.4 Å². The summed E-state index contributed by atoms with van der Waals surface area (Å²) in [7, 11) is 1.75. The lowest BCUT2D eigenvalue weighted by atomic mass is 10.1. The maximum absolute atomic E-state index is 12.0. The zero-order chi connectivity index (χ0) is 13.6. The maximum atomic E-state index is 12.0. The molecule has 0 unspecified atom stereocenters. The van der Waals surface area contributed by atoms with Gasteiger partial charge in [0.2, 0.25) is 5.91 Å². The van der Waals surface area contributed by atoms with Crippen molar-refractivity contribution in [3.8, 4) is 0 Å². The SMILES string of the molecule is CN(Cc1ccc2[nH]c(=O)[nH]c2c1)C(=O)C1(N)CC1. The molecule has 1 amide bonds. The molecule has 1 aromatic carbocycles. The van der Waals surface area contributed by atoms with Crippen LogP contribution in [0.4, 0.5) is 0 Å². The van der Waals surface area contributed by atoms with Crippen LogP contribution in [0.5, 0.6) is 0 Å². The molecule has 1 saturated carbocycles. The molecule has 0 aliphatic heterocycles. The monoisotopic (exact) mass is 260 g/mol. The van der Waals surface area contributed by atoms with E-state index in [2.05, 4.69) is 9.97 Å². The number of rotatable bonds is 3. The number of aromatic nitrogens is 2. The molecule has 0 radical (unpaired) electrons. The molecule has 6 heteroatoms. The zero-order valence-corrected chi connectivity index (χ0v) is 10.7. The summed E-state index contributed by atoms with van der Waals surface area (Å²) in [4.78, 5) is 30.2. The number of hydrogen-bond donors (Lipinski definition) is 3. The number of fused-ring (bicyclic) bond motifs is 1. The van der Waals surface area contributed by atoms with Crippen LogP contribution >= 0.6 is 0 Å². The Labute approximate surface area is 109 Å². The molecule has 3 rings (SSSR count). The van der Waals surface area contributed by atoms with Gasteiger partial charge in [0.05, 0.1) is 16.6 Å². The summed E-state index contributed by atoms with van der Waals surface area (Å²) < 4.78 is 0. The Morgan fingerprint density at radius 1 is 1.37 bits per heavy atom. The number of benzene rings is 1. The number of nitrogens with zero attached hydrogens (tertiary/aromatic N) is 1. The van der Waals surface area contributed by atoms with Gasteiger partial charge in [-0.3, -0.25) is 4.79 Å². The summed E-state index contributed by atoms with van der Waals surface area (Å²) >= 11 is 0. The van der Waals surface area contributed by atoms with Crippen LogP contribution in [0.15, 0.2) is 23.0 Å². The normalized spacial score (nSPS) is 16.5. The number of nitrogens with one attached hydrogen (secondary N) is 2. The molecule has 1 aliphatic carbocycles. The van der Waals surface area contributed by atoms with Crippen molar-refractivity contribution in [3.63, 3.8) is 0 Å². The van der Waals surface area contributed by atoms with Gasteiger partial charge in [-0.15, -0.1) is 0 Å². The quantitative estimate of drug-likeness (QED) is 0.741. The number of imidazole rings is 1. The third-order valence-electron chi connectivity index (χ3n) is 3.56. The number of aromatic amines is 2. The number of carbonyl (C=O) groups excluding carboxylic acids is 1. The van der Waals surface area contributed by atoms with E-state index in [1.165, 1.54) is 0 Å². The first-order chi connectivity index (χ1) is 8.98. The fraction of sp³-hybridized carbons (Fsp3) is 0.385. The third-order valence-corrected chi connectivity index (χ3v) is 3.56. The second-order valence-corrected chi connectivity index (χ2v) is 5.28. The maximum Gasteiger partial charge on any atom is 0.323 e. The number of amides is 1. The molecule has 1 fully saturated rings. The van der Waals surface area contributed by atoms with Gasteiger partial charge in [0.15, 0.2) is 0 Å². The molecular weight excluding hydrogens is 244 g/mol. The van der Waals surface area contributed by atoms with Gasteiger partial charge in [-0.25, -0.2) is 4.79 Å². The third kappa shape index (κ3) is 2.15. The Bertz CT molecular complexity index is 696. The second-order valence-electron chi connectivity index (χ2n) is 5.28. The lowest BCUT2D eigenvalue weighted by Gasteiger charge is -2.20. The summed E-state index contributed by atoms with van der Waals surface area (Å²) in [6, 6.07) is 5.59. The molecule has 0 atom stereocenters. The van der Waals surface area contributed by atoms with Gasteiger partial charge in [-0.2, -0.15) is 0 Å². The number of carbonyl (C=O) groups is 1. The molecule has 6 nitrogen and oxygen atoms in total. The first-order valence-electron chi connectivity index (χ1n) is 6.23. The van der Waals surface area contributed by atoms with E-state index in [1.54, 1.807) is 11.9 Å². The molecule has 1 aromatic heterocycles. The van der Waals surface area contributed by atoms with Gasteiger partial charge in [0, 0.05) is 13.6 Å². The van der Waals surface area contributed by atoms with Crippen molar-refractivity contribution in [2.75, 3.05) is 7.05 Å². The molecular formula is C13H16N4O2. The van der Waals surface area contributed by atoms with Crippen molar-refractivity contribution >= 4 is 16.9 Å². The van der Waals surface area contributed by atoms with Crippen molar-refractivity contribution in [3.05, 3.63) is 34.2 Å². The number of nitrogens with two attached hydrogens (primary N) is 1. The summed E-state index contributed by atoms with van der Waals surface area (Å²) in [6.07, 6.45) is 1.53. The smallest absolute Gasteiger partial charge is 0.323 e. The van der Waals surface area contributed by atoms with Crippen molar-refractivity contribution in [2.24, 2.45) is 5.73 Å². The molecule has 2 aromatic rings. The van der Waals surface area contributed by atoms with Gasteiger partial charge < -0.3 is 20.6 Å². The topological polar surface area (TPSA) is 95.0 Å². The van der Waals surface area contributed by atoms with E-state index in [0.717, 1.165) is 29.4 Å². The second kappa shape index (κ2) is 3.96. The van der Waals surface area contributed by atoms with E-state index in [-0.39, 0.29) is 11.6 Å². The van der Waals surface area contributed by atoms with Gasteiger partial charge in [-0.05, 0) is 30.5 Å². The lowest BCUT2D eigenvalue weighted by Crippen LogP contribution is -2.43. The first-order valence-corrected chi connectivity index (χ1v) is 6.23. The minimum absolute atomic E-state index is 0.0184. The minimum atomic E-state index is -0.638. The Kier molecular flexibility index (Phi) is 2.50. The largest absolute Gasteiger partial charge is 0.340 e. The zero-order valence-electron chi connectivity index (χ0n) is 10.7. The van der Waals surface area contributed by atoms with E-state index in [0.29, 0.717) is 6.54 Å². The highest BCUT2D eigenvalue weighted by Crippen LogP contribution is 2.34. The highest BCUT2D eigenvalue weighted by molar-refractivity contribution is 5.89. The van der Waals surface area contributed by atoms with Crippen molar-refractivity contribution < 1.29 is 4.79 Å². The summed E-state index contributed by atoms with van der Waals surface area (Å²) in [5.41, 5.74) is 7.50. The minimum Gasteiger partial charge on any atom is -0.340 e. The van der Waals surface area contributed by atoms with Crippen LogP contribution in [0, 0.1) is 0 Å². The Morgan fingerprint density at radius 3 is 2.74 bits per heavy atom. The molecule has 19 heavy (non-hydrogen) atoms. The Hall–Kier alpha value is -2.08. The van der Waals surface area contributed by atoms with E-state index in [4.69, 9.17) is 5.73 Å². The van der Waals surface area contributed by atoms with Crippen LogP contribution in [0.1, 0.15) is 18.4 Å². The summed E-state index contributed by atoms with van der Waals surface area (Å²) in [6.45, 7) is 0.487. The predicted molar refractivity (Wildman–Crippen MR) is 71.5 cm³/mol. The lowest BCUT2D eigenvalue weighted by molar-refractivity contribution is -0.132. The van der Waals surface area contributed by atoms with Gasteiger partial charge in [-0.1, -0.05) is 6.07 Å². The van der Waals surface area contributed by atoms with Gasteiger partial charge >= 0.3 is 5.69 Å². The number of H-pyrrole nitrogens is 2. The van der Waals surface area contributed by atoms with E-state index in [1.807, 2.05) is 18.2 Å². The van der Waals surface area contributed by atoms with Crippen molar-refractivity contribution in [2.45, 2.75) is 24.9 Å². The highest BCUT2D eigenvalue weighted by Gasteiger charge is 2.47. The fourth-order valence-corrected chi connectivity index (χ4v) is 2.25. The molecule has 1 heterocycles. The van der Waals surface area contributed by atoms with Crippen LogP contribution in [0.3, 0.4) is 0 Å². The average Bonchev–Trinajstić information content (AvgIpc) is 2.99.